The Morgan fingerprint density at radius 1 is 1.00 bits per heavy atom. The van der Waals surface area contributed by atoms with Crippen LogP contribution in [0.2, 0.25) is 0 Å². The summed E-state index contributed by atoms with van der Waals surface area (Å²) in [4.78, 5) is 2.80. The minimum absolute atomic E-state index is 0.954. The van der Waals surface area contributed by atoms with Crippen LogP contribution in [0.25, 0.3) is 0 Å². The first-order valence-corrected chi connectivity index (χ1v) is 6.91. The van der Waals surface area contributed by atoms with E-state index < -0.39 is 0 Å². The van der Waals surface area contributed by atoms with E-state index in [0.29, 0.717) is 0 Å². The largest absolute Gasteiger partial charge is 0.299 e. The van der Waals surface area contributed by atoms with Crippen molar-refractivity contribution in [3.8, 4) is 0 Å². The van der Waals surface area contributed by atoms with E-state index in [1.807, 2.05) is 0 Å². The van der Waals surface area contributed by atoms with E-state index in [4.69, 9.17) is 0 Å². The maximum absolute atomic E-state index is 2.80. The maximum atomic E-state index is 2.80. The Hall–Kier alpha value is 0.310. The number of hydrogen-bond donors (Lipinski definition) is 0. The van der Waals surface area contributed by atoms with Crippen molar-refractivity contribution >= 4 is 11.8 Å². The highest BCUT2D eigenvalue weighted by Crippen LogP contribution is 2.39. The summed E-state index contributed by atoms with van der Waals surface area (Å²) in [6, 6.07) is 0.954. The minimum Gasteiger partial charge on any atom is -0.299 e. The number of rotatable bonds is 1. The second kappa shape index (κ2) is 3.47. The van der Waals surface area contributed by atoms with Crippen LogP contribution in [0.5, 0.6) is 0 Å². The molecule has 0 N–H and O–H groups in total. The lowest BCUT2D eigenvalue weighted by molar-refractivity contribution is 0.244. The molecule has 0 spiro atoms. The van der Waals surface area contributed by atoms with Gasteiger partial charge < -0.3 is 0 Å². The first kappa shape index (κ1) is 8.60. The van der Waals surface area contributed by atoms with Gasteiger partial charge in [-0.3, -0.25) is 4.90 Å². The molecule has 1 saturated carbocycles. The van der Waals surface area contributed by atoms with Crippen molar-refractivity contribution in [3.05, 3.63) is 0 Å². The van der Waals surface area contributed by atoms with Gasteiger partial charge in [0.05, 0.1) is 0 Å². The minimum atomic E-state index is 0.954. The molecule has 3 aliphatic rings. The summed E-state index contributed by atoms with van der Waals surface area (Å²) in [5.41, 5.74) is 0. The molecule has 0 aromatic heterocycles. The molecule has 0 aromatic rings. The number of hydrogen-bond acceptors (Lipinski definition) is 2. The Kier molecular flexibility index (Phi) is 2.30. The first-order valence-electron chi connectivity index (χ1n) is 5.75. The summed E-state index contributed by atoms with van der Waals surface area (Å²) >= 11 is 2.16. The van der Waals surface area contributed by atoms with Crippen LogP contribution in [0, 0.1) is 11.8 Å². The zero-order valence-electron chi connectivity index (χ0n) is 8.24. The Morgan fingerprint density at radius 2 is 1.77 bits per heavy atom. The van der Waals surface area contributed by atoms with Gasteiger partial charge in [0.25, 0.3) is 0 Å². The van der Waals surface area contributed by atoms with Gasteiger partial charge in [-0.15, -0.1) is 0 Å². The van der Waals surface area contributed by atoms with Crippen LogP contribution in [-0.4, -0.2) is 35.5 Å². The standard InChI is InChI=1S/C11H19NS/c1-2-9-6-12(7-10(9)3-1)11-4-5-13-8-11/h9-11H,1-8H2. The van der Waals surface area contributed by atoms with E-state index >= 15 is 0 Å². The van der Waals surface area contributed by atoms with Gasteiger partial charge in [0.1, 0.15) is 0 Å². The molecule has 1 aliphatic carbocycles. The van der Waals surface area contributed by atoms with E-state index in [-0.39, 0.29) is 0 Å². The highest BCUT2D eigenvalue weighted by molar-refractivity contribution is 7.99. The van der Waals surface area contributed by atoms with Crippen molar-refractivity contribution in [2.45, 2.75) is 31.7 Å². The van der Waals surface area contributed by atoms with Crippen LogP contribution in [-0.2, 0) is 0 Å². The van der Waals surface area contributed by atoms with Crippen LogP contribution >= 0.6 is 11.8 Å². The molecule has 3 atom stereocenters. The zero-order chi connectivity index (χ0) is 8.67. The van der Waals surface area contributed by atoms with Gasteiger partial charge in [0, 0.05) is 24.9 Å². The Morgan fingerprint density at radius 3 is 2.38 bits per heavy atom. The summed E-state index contributed by atoms with van der Waals surface area (Å²) in [5, 5.41) is 0. The van der Waals surface area contributed by atoms with Gasteiger partial charge in [0.15, 0.2) is 0 Å². The van der Waals surface area contributed by atoms with Crippen molar-refractivity contribution in [2.75, 3.05) is 24.6 Å². The van der Waals surface area contributed by atoms with Crippen molar-refractivity contribution in [3.63, 3.8) is 0 Å². The molecule has 2 saturated heterocycles. The monoisotopic (exact) mass is 197 g/mol. The molecule has 0 amide bonds. The second-order valence-electron chi connectivity index (χ2n) is 4.92. The van der Waals surface area contributed by atoms with Crippen molar-refractivity contribution in [2.24, 2.45) is 11.8 Å². The number of likely N-dealkylation sites (tertiary alicyclic amines) is 1. The van der Waals surface area contributed by atoms with Crippen LogP contribution < -0.4 is 0 Å². The van der Waals surface area contributed by atoms with Crippen molar-refractivity contribution in [1.29, 1.82) is 0 Å². The third-order valence-corrected chi connectivity index (χ3v) is 5.32. The van der Waals surface area contributed by atoms with Crippen molar-refractivity contribution in [1.82, 2.24) is 4.90 Å². The van der Waals surface area contributed by atoms with Crippen LogP contribution in [0.15, 0.2) is 0 Å². The summed E-state index contributed by atoms with van der Waals surface area (Å²) in [5.74, 6) is 5.01. The Bertz CT molecular complexity index is 177. The second-order valence-corrected chi connectivity index (χ2v) is 6.07. The maximum Gasteiger partial charge on any atom is 0.0194 e. The fraction of sp³-hybridized carbons (Fsp3) is 1.00. The smallest absolute Gasteiger partial charge is 0.0194 e. The predicted molar refractivity (Wildman–Crippen MR) is 58.1 cm³/mol. The molecular weight excluding hydrogens is 178 g/mol. The molecule has 2 aliphatic heterocycles. The number of fused-ring (bicyclic) bond motifs is 1. The molecule has 3 unspecified atom stereocenters. The molecule has 2 heterocycles. The molecule has 3 rings (SSSR count). The summed E-state index contributed by atoms with van der Waals surface area (Å²) in [7, 11) is 0. The average Bonchev–Trinajstić information content (AvgIpc) is 2.78. The van der Waals surface area contributed by atoms with E-state index in [1.54, 1.807) is 0 Å². The highest BCUT2D eigenvalue weighted by Gasteiger charge is 2.39. The lowest BCUT2D eigenvalue weighted by atomic mass is 10.0. The highest BCUT2D eigenvalue weighted by atomic mass is 32.2. The zero-order valence-corrected chi connectivity index (χ0v) is 9.06. The molecule has 74 valence electrons. The van der Waals surface area contributed by atoms with E-state index in [2.05, 4.69) is 16.7 Å². The van der Waals surface area contributed by atoms with Crippen molar-refractivity contribution < 1.29 is 0 Å². The molecule has 3 fully saturated rings. The summed E-state index contributed by atoms with van der Waals surface area (Å²) in [6.45, 7) is 2.88. The fourth-order valence-electron chi connectivity index (χ4n) is 3.38. The van der Waals surface area contributed by atoms with E-state index in [0.717, 1.165) is 17.9 Å². The topological polar surface area (TPSA) is 3.24 Å². The quantitative estimate of drug-likeness (QED) is 0.634. The Balaban J connectivity index is 1.62. The molecule has 1 nitrogen and oxygen atoms in total. The normalized spacial score (nSPS) is 45.7. The first-order chi connectivity index (χ1) is 6.43. The summed E-state index contributed by atoms with van der Waals surface area (Å²) in [6.07, 6.45) is 6.04. The molecule has 13 heavy (non-hydrogen) atoms. The molecule has 0 radical (unpaired) electrons. The fourth-order valence-corrected chi connectivity index (χ4v) is 4.63. The lowest BCUT2D eigenvalue weighted by Gasteiger charge is -2.23. The lowest BCUT2D eigenvalue weighted by Crippen LogP contribution is -2.33. The van der Waals surface area contributed by atoms with Crippen LogP contribution in [0.3, 0.4) is 0 Å². The number of thioether (sulfide) groups is 1. The predicted octanol–water partition coefficient (Wildman–Crippen LogP) is 2.22. The summed E-state index contributed by atoms with van der Waals surface area (Å²) < 4.78 is 0. The molecular formula is C11H19NS. The third-order valence-electron chi connectivity index (χ3n) is 4.18. The van der Waals surface area contributed by atoms with E-state index in [9.17, 15) is 0 Å². The van der Waals surface area contributed by atoms with Gasteiger partial charge in [-0.25, -0.2) is 0 Å². The average molecular weight is 197 g/mol. The van der Waals surface area contributed by atoms with Crippen LogP contribution in [0.4, 0.5) is 0 Å². The number of nitrogens with zero attached hydrogens (tertiary/aromatic N) is 1. The molecule has 0 bridgehead atoms. The molecule has 2 heteroatoms. The molecule has 0 aromatic carbocycles. The third kappa shape index (κ3) is 1.52. The van der Waals surface area contributed by atoms with Gasteiger partial charge >= 0.3 is 0 Å². The van der Waals surface area contributed by atoms with Gasteiger partial charge in [-0.1, -0.05) is 6.42 Å². The van der Waals surface area contributed by atoms with Gasteiger partial charge in [-0.2, -0.15) is 11.8 Å². The SMILES string of the molecule is C1CC2CN(C3CCSC3)CC2C1. The van der Waals surface area contributed by atoms with Gasteiger partial charge in [-0.05, 0) is 36.9 Å². The Labute approximate surface area is 85.3 Å². The van der Waals surface area contributed by atoms with E-state index in [1.165, 1.54) is 50.3 Å². The van der Waals surface area contributed by atoms with Crippen LogP contribution in [0.1, 0.15) is 25.7 Å². The van der Waals surface area contributed by atoms with Gasteiger partial charge in [0.2, 0.25) is 0 Å².